The number of aliphatic carboxylic acids is 2. The Labute approximate surface area is 117 Å². The average molecular weight is 290 g/mol. The van der Waals surface area contributed by atoms with Crippen molar-refractivity contribution in [3.05, 3.63) is 0 Å². The van der Waals surface area contributed by atoms with Crippen molar-refractivity contribution in [3.63, 3.8) is 0 Å². The molecule has 0 rings (SSSR count). The highest BCUT2D eigenvalue weighted by Crippen LogP contribution is 2.04. The van der Waals surface area contributed by atoms with Crippen molar-refractivity contribution in [2.75, 3.05) is 13.2 Å². The average Bonchev–Trinajstić information content (AvgIpc) is 2.33. The number of nitrogens with zero attached hydrogens (tertiary/aromatic N) is 1. The van der Waals surface area contributed by atoms with Crippen molar-refractivity contribution in [1.82, 2.24) is 10.2 Å². The number of urea groups is 1. The summed E-state index contributed by atoms with van der Waals surface area (Å²) in [7, 11) is 0. The van der Waals surface area contributed by atoms with Gasteiger partial charge in [0, 0.05) is 25.6 Å². The van der Waals surface area contributed by atoms with Gasteiger partial charge in [-0.05, 0) is 26.7 Å². The van der Waals surface area contributed by atoms with E-state index in [1.807, 2.05) is 0 Å². The van der Waals surface area contributed by atoms with Crippen LogP contribution in [-0.4, -0.2) is 63.4 Å². The number of amides is 2. The molecule has 1 unspecified atom stereocenters. The van der Waals surface area contributed by atoms with Crippen LogP contribution >= 0.6 is 0 Å². The zero-order valence-electron chi connectivity index (χ0n) is 11.7. The molecule has 0 fully saturated rings. The summed E-state index contributed by atoms with van der Waals surface area (Å²) >= 11 is 0. The fourth-order valence-electron chi connectivity index (χ4n) is 1.59. The van der Waals surface area contributed by atoms with E-state index in [9.17, 15) is 14.4 Å². The van der Waals surface area contributed by atoms with Gasteiger partial charge in [-0.2, -0.15) is 0 Å². The zero-order chi connectivity index (χ0) is 15.7. The molecule has 2 amide bonds. The fraction of sp³-hybridized carbons (Fsp3) is 0.750. The molecule has 0 aliphatic rings. The molecule has 0 aliphatic carbocycles. The van der Waals surface area contributed by atoms with Gasteiger partial charge in [0.25, 0.3) is 0 Å². The summed E-state index contributed by atoms with van der Waals surface area (Å²) < 4.78 is 0. The summed E-state index contributed by atoms with van der Waals surface area (Å²) in [4.78, 5) is 34.8. The molecule has 0 aromatic rings. The second kappa shape index (κ2) is 9.13. The number of carboxylic acid groups (broad SMARTS) is 2. The van der Waals surface area contributed by atoms with Gasteiger partial charge in [0.1, 0.15) is 6.04 Å². The van der Waals surface area contributed by atoms with Crippen molar-refractivity contribution in [3.8, 4) is 0 Å². The van der Waals surface area contributed by atoms with Crippen molar-refractivity contribution >= 4 is 18.0 Å². The Morgan fingerprint density at radius 2 is 1.80 bits per heavy atom. The predicted octanol–water partition coefficient (Wildman–Crippen LogP) is 0.107. The van der Waals surface area contributed by atoms with Crippen molar-refractivity contribution in [2.24, 2.45) is 0 Å². The normalized spacial score (nSPS) is 12.0. The zero-order valence-corrected chi connectivity index (χ0v) is 11.7. The smallest absolute Gasteiger partial charge is 0.326 e. The predicted molar refractivity (Wildman–Crippen MR) is 70.4 cm³/mol. The molecule has 0 radical (unpaired) electrons. The lowest BCUT2D eigenvalue weighted by Crippen LogP contribution is -2.50. The molecule has 20 heavy (non-hydrogen) atoms. The van der Waals surface area contributed by atoms with Crippen LogP contribution in [0.15, 0.2) is 0 Å². The van der Waals surface area contributed by atoms with Gasteiger partial charge in [0.2, 0.25) is 0 Å². The Bertz CT molecular complexity index is 345. The molecule has 116 valence electrons. The van der Waals surface area contributed by atoms with E-state index in [1.54, 1.807) is 13.8 Å². The maximum Gasteiger partial charge on any atom is 0.326 e. The van der Waals surface area contributed by atoms with Crippen LogP contribution in [0.25, 0.3) is 0 Å². The van der Waals surface area contributed by atoms with E-state index < -0.39 is 24.0 Å². The van der Waals surface area contributed by atoms with Crippen LogP contribution in [0, 0.1) is 0 Å². The minimum Gasteiger partial charge on any atom is -0.481 e. The number of hydrogen-bond acceptors (Lipinski definition) is 4. The molecule has 8 heteroatoms. The van der Waals surface area contributed by atoms with E-state index in [2.05, 4.69) is 5.32 Å². The first kappa shape index (κ1) is 18.2. The fourth-order valence-corrected chi connectivity index (χ4v) is 1.59. The summed E-state index contributed by atoms with van der Waals surface area (Å²) in [5.41, 5.74) is 0. The number of carbonyl (C=O) groups excluding carboxylic acids is 1. The molecule has 0 heterocycles. The van der Waals surface area contributed by atoms with Crippen LogP contribution < -0.4 is 5.32 Å². The molecule has 4 N–H and O–H groups in total. The largest absolute Gasteiger partial charge is 0.481 e. The first-order valence-corrected chi connectivity index (χ1v) is 6.42. The molecule has 0 aliphatic heterocycles. The molecule has 0 aromatic carbocycles. The number of aliphatic hydroxyl groups excluding tert-OH is 1. The van der Waals surface area contributed by atoms with E-state index in [0.717, 1.165) is 0 Å². The summed E-state index contributed by atoms with van der Waals surface area (Å²) in [6, 6.07) is -1.98. The van der Waals surface area contributed by atoms with Gasteiger partial charge in [-0.25, -0.2) is 9.59 Å². The van der Waals surface area contributed by atoms with Crippen LogP contribution in [0.3, 0.4) is 0 Å². The second-order valence-electron chi connectivity index (χ2n) is 4.64. The van der Waals surface area contributed by atoms with Gasteiger partial charge in [-0.15, -0.1) is 0 Å². The van der Waals surface area contributed by atoms with Crippen LogP contribution in [0.1, 0.15) is 33.1 Å². The van der Waals surface area contributed by atoms with Crippen molar-refractivity contribution < 1.29 is 29.7 Å². The maximum atomic E-state index is 12.0. The van der Waals surface area contributed by atoms with E-state index in [1.165, 1.54) is 4.90 Å². The molecular formula is C12H22N2O6. The Kier molecular flexibility index (Phi) is 8.30. The van der Waals surface area contributed by atoms with Gasteiger partial charge in [0.05, 0.1) is 0 Å². The Hall–Kier alpha value is -1.83. The minimum absolute atomic E-state index is 0.0716. The molecule has 0 saturated carbocycles. The molecule has 0 aromatic heterocycles. The van der Waals surface area contributed by atoms with E-state index >= 15 is 0 Å². The number of nitrogens with one attached hydrogen (secondary N) is 1. The molecule has 1 atom stereocenters. The van der Waals surface area contributed by atoms with Crippen molar-refractivity contribution in [1.29, 1.82) is 0 Å². The molecule has 8 nitrogen and oxygen atoms in total. The van der Waals surface area contributed by atoms with E-state index in [-0.39, 0.29) is 25.5 Å². The monoisotopic (exact) mass is 290 g/mol. The number of aliphatic hydroxyl groups is 1. The van der Waals surface area contributed by atoms with Gasteiger partial charge in [-0.3, -0.25) is 4.79 Å². The van der Waals surface area contributed by atoms with E-state index in [0.29, 0.717) is 13.0 Å². The van der Waals surface area contributed by atoms with Crippen LogP contribution in [0.5, 0.6) is 0 Å². The highest BCUT2D eigenvalue weighted by Gasteiger charge is 2.24. The summed E-state index contributed by atoms with van der Waals surface area (Å²) in [5.74, 6) is -2.39. The lowest BCUT2D eigenvalue weighted by molar-refractivity contribution is -0.140. The maximum absolute atomic E-state index is 12.0. The number of rotatable bonds is 9. The summed E-state index contributed by atoms with van der Waals surface area (Å²) in [6.45, 7) is 3.76. The number of carbonyl (C=O) groups is 3. The third-order valence-corrected chi connectivity index (χ3v) is 2.68. The quantitative estimate of drug-likeness (QED) is 0.477. The van der Waals surface area contributed by atoms with Crippen molar-refractivity contribution in [2.45, 2.75) is 45.2 Å². The molecule has 0 saturated heterocycles. The first-order chi connectivity index (χ1) is 9.29. The summed E-state index contributed by atoms with van der Waals surface area (Å²) in [6.07, 6.45) is -0.129. The lowest BCUT2D eigenvalue weighted by Gasteiger charge is -2.28. The highest BCUT2D eigenvalue weighted by atomic mass is 16.4. The Morgan fingerprint density at radius 3 is 2.20 bits per heavy atom. The molecule has 0 bridgehead atoms. The van der Waals surface area contributed by atoms with Gasteiger partial charge >= 0.3 is 18.0 Å². The number of carboxylic acids is 2. The topological polar surface area (TPSA) is 127 Å². The van der Waals surface area contributed by atoms with Gasteiger partial charge in [0.15, 0.2) is 0 Å². The Balaban J connectivity index is 4.61. The van der Waals surface area contributed by atoms with Gasteiger partial charge in [-0.1, -0.05) is 0 Å². The lowest BCUT2D eigenvalue weighted by atomic mass is 10.1. The van der Waals surface area contributed by atoms with Crippen LogP contribution in [0.4, 0.5) is 4.79 Å². The standard InChI is InChI=1S/C12H22N2O6/c1-8(2)14(6-3-7-15)12(20)13-9(11(18)19)4-5-10(16)17/h8-9,15H,3-7H2,1-2H3,(H,13,20)(H,16,17)(H,18,19). The SMILES string of the molecule is CC(C)N(CCCO)C(=O)NC(CCC(=O)O)C(=O)O. The van der Waals surface area contributed by atoms with Crippen LogP contribution in [0.2, 0.25) is 0 Å². The van der Waals surface area contributed by atoms with E-state index in [4.69, 9.17) is 15.3 Å². The Morgan fingerprint density at radius 1 is 1.20 bits per heavy atom. The highest BCUT2D eigenvalue weighted by molar-refractivity contribution is 5.83. The first-order valence-electron chi connectivity index (χ1n) is 6.42. The molecular weight excluding hydrogens is 268 g/mol. The third-order valence-electron chi connectivity index (χ3n) is 2.68. The minimum atomic E-state index is -1.27. The third kappa shape index (κ3) is 6.93. The number of hydrogen-bond donors (Lipinski definition) is 4. The van der Waals surface area contributed by atoms with Crippen LogP contribution in [-0.2, 0) is 9.59 Å². The second-order valence-corrected chi connectivity index (χ2v) is 4.64. The molecule has 0 spiro atoms. The summed E-state index contributed by atoms with van der Waals surface area (Å²) in [5, 5.41) is 28.6. The van der Waals surface area contributed by atoms with Gasteiger partial charge < -0.3 is 25.5 Å².